The highest BCUT2D eigenvalue weighted by molar-refractivity contribution is 5.55. The van der Waals surface area contributed by atoms with Gasteiger partial charge in [0.2, 0.25) is 0 Å². The number of hydrogen-bond donors (Lipinski definition) is 1. The number of ether oxygens (including phenoxy) is 2. The zero-order valence-corrected chi connectivity index (χ0v) is 10.9. The molecule has 0 bridgehead atoms. The lowest BCUT2D eigenvalue weighted by molar-refractivity contribution is 0.331. The monoisotopic (exact) mass is 271 g/mol. The normalized spacial score (nSPS) is 11.1. The van der Waals surface area contributed by atoms with E-state index >= 15 is 0 Å². The molecule has 0 aliphatic heterocycles. The van der Waals surface area contributed by atoms with Crippen LogP contribution in [0.3, 0.4) is 0 Å². The first-order chi connectivity index (χ1) is 9.65. The van der Waals surface area contributed by atoms with Gasteiger partial charge in [0.05, 0.1) is 17.7 Å². The number of benzene rings is 1. The van der Waals surface area contributed by atoms with Gasteiger partial charge in [-0.05, 0) is 23.8 Å². The molecule has 0 saturated carbocycles. The third-order valence-electron chi connectivity index (χ3n) is 2.62. The summed E-state index contributed by atoms with van der Waals surface area (Å²) >= 11 is 0. The van der Waals surface area contributed by atoms with Crippen molar-refractivity contribution in [1.29, 1.82) is 0 Å². The van der Waals surface area contributed by atoms with Gasteiger partial charge < -0.3 is 14.0 Å². The van der Waals surface area contributed by atoms with E-state index in [4.69, 9.17) is 15.9 Å². The Morgan fingerprint density at radius 1 is 1.50 bits per heavy atom. The lowest BCUT2D eigenvalue weighted by atomic mass is 10.1. The van der Waals surface area contributed by atoms with Crippen molar-refractivity contribution in [2.45, 2.75) is 0 Å². The molecule has 20 heavy (non-hydrogen) atoms. The van der Waals surface area contributed by atoms with Crippen molar-refractivity contribution in [2.75, 3.05) is 13.7 Å². The highest BCUT2D eigenvalue weighted by atomic mass is 16.5. The van der Waals surface area contributed by atoms with Crippen molar-refractivity contribution in [3.63, 3.8) is 0 Å². The maximum Gasteiger partial charge on any atom is 0.365 e. The van der Waals surface area contributed by atoms with Gasteiger partial charge in [-0.25, -0.2) is 9.95 Å². The fourth-order valence-corrected chi connectivity index (χ4v) is 1.67. The standard InChI is InChI=1S/C15H13NO4/c1-4-7-19-13-6-5-11(9-14(13)18-3)8-12-10(2)16-20-15(12)17/h1,5-6,8-9,16H,2,7H2,3H3/b12-8+. The van der Waals surface area contributed by atoms with Gasteiger partial charge in [-0.3, -0.25) is 0 Å². The van der Waals surface area contributed by atoms with Gasteiger partial charge in [0.25, 0.3) is 0 Å². The zero-order chi connectivity index (χ0) is 14.5. The van der Waals surface area contributed by atoms with E-state index in [-0.39, 0.29) is 6.61 Å². The van der Waals surface area contributed by atoms with Gasteiger partial charge in [-0.15, -0.1) is 6.42 Å². The Hall–Kier alpha value is -2.87. The van der Waals surface area contributed by atoms with Crippen LogP contribution in [0, 0.1) is 12.3 Å². The minimum absolute atomic E-state index is 0.157. The van der Waals surface area contributed by atoms with Crippen LogP contribution in [0.2, 0.25) is 0 Å². The Labute approximate surface area is 115 Å². The van der Waals surface area contributed by atoms with E-state index in [9.17, 15) is 4.79 Å². The second-order valence-electron chi connectivity index (χ2n) is 3.93. The molecule has 102 valence electrons. The number of hydrogen-bond acceptors (Lipinski definition) is 4. The van der Waals surface area contributed by atoms with Crippen LogP contribution in [0.25, 0.3) is 12.7 Å². The van der Waals surface area contributed by atoms with Gasteiger partial charge in [0, 0.05) is 0 Å². The highest BCUT2D eigenvalue weighted by Gasteiger charge is 2.05. The number of rotatable bonds is 4. The summed E-state index contributed by atoms with van der Waals surface area (Å²) in [6, 6.07) is 5.23. The van der Waals surface area contributed by atoms with Gasteiger partial charge in [-0.2, -0.15) is 0 Å². The van der Waals surface area contributed by atoms with Crippen LogP contribution in [-0.4, -0.2) is 18.9 Å². The minimum atomic E-state index is -0.471. The number of nitrogens with one attached hydrogen (secondary N) is 1. The molecule has 1 heterocycles. The molecule has 5 heteroatoms. The zero-order valence-electron chi connectivity index (χ0n) is 10.9. The van der Waals surface area contributed by atoms with Crippen LogP contribution >= 0.6 is 0 Å². The Kier molecular flexibility index (Phi) is 3.96. The predicted octanol–water partition coefficient (Wildman–Crippen LogP) is 0.228. The fourth-order valence-electron chi connectivity index (χ4n) is 1.67. The third kappa shape index (κ3) is 2.75. The molecule has 0 spiro atoms. The second kappa shape index (κ2) is 5.85. The average molecular weight is 271 g/mol. The first-order valence-electron chi connectivity index (χ1n) is 5.78. The molecule has 0 unspecified atom stereocenters. The van der Waals surface area contributed by atoms with Crippen molar-refractivity contribution in [3.8, 4) is 23.8 Å². The van der Waals surface area contributed by atoms with Crippen molar-refractivity contribution in [1.82, 2.24) is 5.16 Å². The summed E-state index contributed by atoms with van der Waals surface area (Å²) < 4.78 is 15.2. The molecule has 1 aromatic heterocycles. The lowest BCUT2D eigenvalue weighted by Gasteiger charge is -2.09. The maximum atomic E-state index is 11.5. The Balaban J connectivity index is 2.46. The van der Waals surface area contributed by atoms with E-state index in [1.165, 1.54) is 7.11 Å². The number of methoxy groups -OCH3 is 1. The summed E-state index contributed by atoms with van der Waals surface area (Å²) in [5.74, 6) is 3.45. The molecule has 0 amide bonds. The van der Waals surface area contributed by atoms with E-state index in [2.05, 4.69) is 22.2 Å². The Morgan fingerprint density at radius 3 is 2.90 bits per heavy atom. The third-order valence-corrected chi connectivity index (χ3v) is 2.62. The predicted molar refractivity (Wildman–Crippen MR) is 75.0 cm³/mol. The van der Waals surface area contributed by atoms with E-state index in [0.717, 1.165) is 5.56 Å². The molecule has 2 rings (SSSR count). The summed E-state index contributed by atoms with van der Waals surface area (Å²) in [5, 5.41) is 3.20. The molecule has 5 nitrogen and oxygen atoms in total. The SMILES string of the molecule is C#CCOc1ccc(/C=c2\c(=C)[nH]oc2=O)cc1OC. The topological polar surface area (TPSA) is 64.5 Å². The molecule has 0 saturated heterocycles. The van der Waals surface area contributed by atoms with Crippen molar-refractivity contribution in [3.05, 3.63) is 44.8 Å². The molecular formula is C15H13NO4. The van der Waals surface area contributed by atoms with Crippen LogP contribution in [0.1, 0.15) is 5.56 Å². The van der Waals surface area contributed by atoms with Crippen LogP contribution < -0.4 is 25.7 Å². The van der Waals surface area contributed by atoms with Crippen molar-refractivity contribution < 1.29 is 14.0 Å². The van der Waals surface area contributed by atoms with E-state index in [1.54, 1.807) is 24.3 Å². The van der Waals surface area contributed by atoms with Crippen LogP contribution in [0.15, 0.2) is 27.5 Å². The Morgan fingerprint density at radius 2 is 2.30 bits per heavy atom. The molecule has 2 aromatic rings. The van der Waals surface area contributed by atoms with Gasteiger partial charge in [0.15, 0.2) is 11.5 Å². The number of terminal acetylenes is 1. The minimum Gasteiger partial charge on any atom is -0.493 e. The highest BCUT2D eigenvalue weighted by Crippen LogP contribution is 2.28. The van der Waals surface area contributed by atoms with E-state index in [1.807, 2.05) is 0 Å². The molecule has 1 aromatic carbocycles. The first kappa shape index (κ1) is 13.6. The molecule has 0 atom stereocenters. The average Bonchev–Trinajstić information content (AvgIpc) is 2.77. The summed E-state index contributed by atoms with van der Waals surface area (Å²) in [4.78, 5) is 11.5. The fraction of sp³-hybridized carbons (Fsp3) is 0.133. The quantitative estimate of drug-likeness (QED) is 0.808. The number of H-pyrrole nitrogens is 1. The van der Waals surface area contributed by atoms with Gasteiger partial charge in [-0.1, -0.05) is 18.6 Å². The summed E-state index contributed by atoms with van der Waals surface area (Å²) in [6.07, 6.45) is 6.79. The molecule has 0 aliphatic rings. The number of aromatic amines is 1. The van der Waals surface area contributed by atoms with Crippen molar-refractivity contribution >= 4 is 12.7 Å². The largest absolute Gasteiger partial charge is 0.493 e. The molecule has 1 N–H and O–H groups in total. The van der Waals surface area contributed by atoms with Crippen molar-refractivity contribution in [2.24, 2.45) is 0 Å². The van der Waals surface area contributed by atoms with Gasteiger partial charge in [0.1, 0.15) is 6.61 Å². The second-order valence-corrected chi connectivity index (χ2v) is 3.93. The Bertz CT molecular complexity index is 777. The summed E-state index contributed by atoms with van der Waals surface area (Å²) in [7, 11) is 1.53. The number of aromatic nitrogens is 1. The molecule has 0 radical (unpaired) electrons. The van der Waals surface area contributed by atoms with E-state index < -0.39 is 5.63 Å². The maximum absolute atomic E-state index is 11.5. The van der Waals surface area contributed by atoms with E-state index in [0.29, 0.717) is 22.1 Å². The van der Waals surface area contributed by atoms with Crippen LogP contribution in [0.5, 0.6) is 11.5 Å². The smallest absolute Gasteiger partial charge is 0.365 e. The molecule has 0 aliphatic carbocycles. The molecule has 0 fully saturated rings. The summed E-state index contributed by atoms with van der Waals surface area (Å²) in [6.45, 7) is 3.84. The first-order valence-corrected chi connectivity index (χ1v) is 5.78. The lowest BCUT2D eigenvalue weighted by Crippen LogP contribution is -2.31. The van der Waals surface area contributed by atoms with Crippen LogP contribution in [-0.2, 0) is 0 Å². The molecular weight excluding hydrogens is 258 g/mol. The van der Waals surface area contributed by atoms with Crippen LogP contribution in [0.4, 0.5) is 0 Å². The van der Waals surface area contributed by atoms with Gasteiger partial charge >= 0.3 is 5.63 Å². The summed E-state index contributed by atoms with van der Waals surface area (Å²) in [5.41, 5.74) is 0.285.